The van der Waals surface area contributed by atoms with Gasteiger partial charge in [-0.3, -0.25) is 0 Å². The van der Waals surface area contributed by atoms with Crippen LogP contribution in [0.4, 0.5) is 5.69 Å². The summed E-state index contributed by atoms with van der Waals surface area (Å²) in [5.74, 6) is 1.72. The molecule has 0 spiro atoms. The van der Waals surface area contributed by atoms with Crippen molar-refractivity contribution in [2.75, 3.05) is 11.9 Å². The Morgan fingerprint density at radius 1 is 1.28 bits per heavy atom. The Morgan fingerprint density at radius 2 is 2.22 bits per heavy atom. The van der Waals surface area contributed by atoms with Crippen molar-refractivity contribution in [3.05, 3.63) is 46.3 Å². The molecule has 1 aromatic heterocycles. The van der Waals surface area contributed by atoms with Gasteiger partial charge in [0.05, 0.1) is 5.69 Å². The summed E-state index contributed by atoms with van der Waals surface area (Å²) in [4.78, 5) is 0. The third-order valence-electron chi connectivity index (χ3n) is 3.04. The first-order valence-corrected chi connectivity index (χ1v) is 6.85. The first-order valence-electron chi connectivity index (χ1n) is 6.06. The smallest absolute Gasteiger partial charge is 0.169 e. The molecular formula is C14H14BrNO2. The van der Waals surface area contributed by atoms with Gasteiger partial charge >= 0.3 is 0 Å². The van der Waals surface area contributed by atoms with E-state index in [9.17, 15) is 0 Å². The Morgan fingerprint density at radius 3 is 3.06 bits per heavy atom. The van der Waals surface area contributed by atoms with E-state index in [1.165, 1.54) is 12.0 Å². The van der Waals surface area contributed by atoms with Crippen LogP contribution in [0.3, 0.4) is 0 Å². The SMILES string of the molecule is Brc1ccc(COc2cccc3c2NCCC3)o1. The molecule has 0 saturated carbocycles. The molecule has 94 valence electrons. The number of nitrogens with one attached hydrogen (secondary N) is 1. The van der Waals surface area contributed by atoms with Crippen molar-refractivity contribution in [2.45, 2.75) is 19.4 Å². The van der Waals surface area contributed by atoms with Gasteiger partial charge in [0.25, 0.3) is 0 Å². The van der Waals surface area contributed by atoms with Gasteiger partial charge in [-0.05, 0) is 52.5 Å². The molecule has 18 heavy (non-hydrogen) atoms. The van der Waals surface area contributed by atoms with Crippen LogP contribution in [0.25, 0.3) is 0 Å². The summed E-state index contributed by atoms with van der Waals surface area (Å²) in [5.41, 5.74) is 2.47. The van der Waals surface area contributed by atoms with E-state index in [0.717, 1.165) is 34.8 Å². The van der Waals surface area contributed by atoms with E-state index in [4.69, 9.17) is 9.15 Å². The molecule has 1 N–H and O–H groups in total. The lowest BCUT2D eigenvalue weighted by Crippen LogP contribution is -2.13. The molecule has 2 heterocycles. The van der Waals surface area contributed by atoms with Crippen LogP contribution in [-0.4, -0.2) is 6.54 Å². The van der Waals surface area contributed by atoms with Gasteiger partial charge in [0, 0.05) is 6.54 Å². The predicted molar refractivity (Wildman–Crippen MR) is 74.0 cm³/mol. The van der Waals surface area contributed by atoms with Gasteiger partial charge < -0.3 is 14.5 Å². The van der Waals surface area contributed by atoms with E-state index in [0.29, 0.717) is 6.61 Å². The molecule has 0 bridgehead atoms. The number of ether oxygens (including phenoxy) is 1. The summed E-state index contributed by atoms with van der Waals surface area (Å²) in [5, 5.41) is 3.41. The van der Waals surface area contributed by atoms with Gasteiger partial charge in [-0.1, -0.05) is 12.1 Å². The highest BCUT2D eigenvalue weighted by Crippen LogP contribution is 2.32. The lowest BCUT2D eigenvalue weighted by molar-refractivity contribution is 0.268. The summed E-state index contributed by atoms with van der Waals surface area (Å²) >= 11 is 3.28. The lowest BCUT2D eigenvalue weighted by atomic mass is 10.0. The second-order valence-corrected chi connectivity index (χ2v) is 5.10. The number of fused-ring (bicyclic) bond motifs is 1. The van der Waals surface area contributed by atoms with Crippen molar-refractivity contribution < 1.29 is 9.15 Å². The molecule has 2 aromatic rings. The Balaban J connectivity index is 1.76. The van der Waals surface area contributed by atoms with Gasteiger partial charge in [0.2, 0.25) is 0 Å². The van der Waals surface area contributed by atoms with Crippen LogP contribution in [0.15, 0.2) is 39.4 Å². The molecule has 3 rings (SSSR count). The fraction of sp³-hybridized carbons (Fsp3) is 0.286. The van der Waals surface area contributed by atoms with Crippen LogP contribution in [0.2, 0.25) is 0 Å². The largest absolute Gasteiger partial charge is 0.483 e. The molecule has 0 amide bonds. The topological polar surface area (TPSA) is 34.4 Å². The summed E-state index contributed by atoms with van der Waals surface area (Å²) < 4.78 is 12.0. The molecular weight excluding hydrogens is 294 g/mol. The van der Waals surface area contributed by atoms with Crippen molar-refractivity contribution in [3.63, 3.8) is 0 Å². The molecule has 1 aliphatic heterocycles. The molecule has 0 radical (unpaired) electrons. The monoisotopic (exact) mass is 307 g/mol. The Labute approximate surface area is 114 Å². The van der Waals surface area contributed by atoms with E-state index < -0.39 is 0 Å². The van der Waals surface area contributed by atoms with Crippen molar-refractivity contribution in [1.29, 1.82) is 0 Å². The van der Waals surface area contributed by atoms with Crippen LogP contribution >= 0.6 is 15.9 Å². The summed E-state index contributed by atoms with van der Waals surface area (Å²) in [6, 6.07) is 9.97. The maximum atomic E-state index is 5.83. The van der Waals surface area contributed by atoms with Crippen LogP contribution < -0.4 is 10.1 Å². The van der Waals surface area contributed by atoms with Crippen molar-refractivity contribution in [2.24, 2.45) is 0 Å². The van der Waals surface area contributed by atoms with Gasteiger partial charge in [-0.15, -0.1) is 0 Å². The molecule has 1 aliphatic rings. The van der Waals surface area contributed by atoms with Crippen LogP contribution in [-0.2, 0) is 13.0 Å². The zero-order chi connectivity index (χ0) is 12.4. The van der Waals surface area contributed by atoms with Gasteiger partial charge in [-0.25, -0.2) is 0 Å². The maximum Gasteiger partial charge on any atom is 0.169 e. The molecule has 1 aromatic carbocycles. The van der Waals surface area contributed by atoms with E-state index in [2.05, 4.69) is 27.3 Å². The summed E-state index contributed by atoms with van der Waals surface area (Å²) in [6.07, 6.45) is 2.30. The molecule has 0 saturated heterocycles. The lowest BCUT2D eigenvalue weighted by Gasteiger charge is -2.20. The highest BCUT2D eigenvalue weighted by molar-refractivity contribution is 9.10. The van der Waals surface area contributed by atoms with E-state index in [1.807, 2.05) is 24.3 Å². The standard InChI is InChI=1S/C14H14BrNO2/c15-13-7-6-11(18-13)9-17-12-5-1-3-10-4-2-8-16-14(10)12/h1,3,5-7,16H,2,4,8-9H2. The summed E-state index contributed by atoms with van der Waals surface area (Å²) in [7, 11) is 0. The van der Waals surface area contributed by atoms with Gasteiger partial charge in [0.15, 0.2) is 4.67 Å². The predicted octanol–water partition coefficient (Wildman–Crippen LogP) is 3.98. The van der Waals surface area contributed by atoms with E-state index >= 15 is 0 Å². The molecule has 0 unspecified atom stereocenters. The summed E-state index contributed by atoms with van der Waals surface area (Å²) in [6.45, 7) is 1.46. The Hall–Kier alpha value is -1.42. The normalized spacial score (nSPS) is 13.8. The first-order chi connectivity index (χ1) is 8.83. The minimum absolute atomic E-state index is 0.448. The van der Waals surface area contributed by atoms with Gasteiger partial charge in [0.1, 0.15) is 18.1 Å². The first kappa shape index (κ1) is 11.7. The third kappa shape index (κ3) is 2.38. The number of hydrogen-bond acceptors (Lipinski definition) is 3. The van der Waals surface area contributed by atoms with Crippen LogP contribution in [0.5, 0.6) is 5.75 Å². The van der Waals surface area contributed by atoms with Gasteiger partial charge in [-0.2, -0.15) is 0 Å². The molecule has 0 atom stereocenters. The van der Waals surface area contributed by atoms with E-state index in [1.54, 1.807) is 0 Å². The van der Waals surface area contributed by atoms with Crippen molar-refractivity contribution >= 4 is 21.6 Å². The number of aryl methyl sites for hydroxylation is 1. The second-order valence-electron chi connectivity index (χ2n) is 4.32. The molecule has 0 aliphatic carbocycles. The highest BCUT2D eigenvalue weighted by atomic mass is 79.9. The number of hydrogen-bond donors (Lipinski definition) is 1. The Kier molecular flexibility index (Phi) is 3.28. The quantitative estimate of drug-likeness (QED) is 0.931. The molecule has 0 fully saturated rings. The number of benzene rings is 1. The maximum absolute atomic E-state index is 5.83. The number of rotatable bonds is 3. The van der Waals surface area contributed by atoms with Crippen LogP contribution in [0.1, 0.15) is 17.7 Å². The fourth-order valence-electron chi connectivity index (χ4n) is 2.18. The number of anilines is 1. The minimum atomic E-state index is 0.448. The highest BCUT2D eigenvalue weighted by Gasteiger charge is 2.13. The Bertz CT molecular complexity index is 550. The molecule has 3 nitrogen and oxygen atoms in total. The van der Waals surface area contributed by atoms with Crippen molar-refractivity contribution in [1.82, 2.24) is 0 Å². The van der Waals surface area contributed by atoms with E-state index in [-0.39, 0.29) is 0 Å². The average molecular weight is 308 g/mol. The zero-order valence-corrected chi connectivity index (χ0v) is 11.5. The third-order valence-corrected chi connectivity index (χ3v) is 3.46. The average Bonchev–Trinajstić information content (AvgIpc) is 2.82. The number of furan rings is 1. The fourth-order valence-corrected chi connectivity index (χ4v) is 2.52. The zero-order valence-electron chi connectivity index (χ0n) is 9.91. The van der Waals surface area contributed by atoms with Crippen molar-refractivity contribution in [3.8, 4) is 5.75 Å². The molecule has 4 heteroatoms. The van der Waals surface area contributed by atoms with Crippen LogP contribution in [0, 0.1) is 0 Å². The second kappa shape index (κ2) is 5.06. The minimum Gasteiger partial charge on any atom is -0.483 e. The number of halogens is 1. The number of para-hydroxylation sites is 1.